The number of hydrogen-bond acceptors (Lipinski definition) is 4. The van der Waals surface area contributed by atoms with Gasteiger partial charge in [-0.15, -0.1) is 0 Å². The SMILES string of the molecule is CCNC(=NCCCOC(C)c1ccccc1)NCCCCN1CCN(C)CC1. The smallest absolute Gasteiger partial charge is 0.191 e. The summed E-state index contributed by atoms with van der Waals surface area (Å²) in [6.45, 7) is 13.6. The van der Waals surface area contributed by atoms with Crippen molar-refractivity contribution in [2.45, 2.75) is 39.2 Å². The van der Waals surface area contributed by atoms with Gasteiger partial charge < -0.3 is 25.2 Å². The van der Waals surface area contributed by atoms with E-state index in [1.54, 1.807) is 0 Å². The summed E-state index contributed by atoms with van der Waals surface area (Å²) >= 11 is 0. The fourth-order valence-electron chi connectivity index (χ4n) is 3.42. The molecule has 0 aromatic heterocycles. The molecule has 0 aliphatic carbocycles. The molecular formula is C23H41N5O. The fraction of sp³-hybridized carbons (Fsp3) is 0.696. The first-order valence-corrected chi connectivity index (χ1v) is 11.3. The second-order valence-electron chi connectivity index (χ2n) is 7.82. The van der Waals surface area contributed by atoms with E-state index >= 15 is 0 Å². The van der Waals surface area contributed by atoms with Gasteiger partial charge in [-0.2, -0.15) is 0 Å². The number of nitrogens with one attached hydrogen (secondary N) is 2. The Labute approximate surface area is 177 Å². The highest BCUT2D eigenvalue weighted by atomic mass is 16.5. The van der Waals surface area contributed by atoms with Crippen LogP contribution in [0.4, 0.5) is 0 Å². The maximum absolute atomic E-state index is 5.93. The Morgan fingerprint density at radius 3 is 2.55 bits per heavy atom. The minimum Gasteiger partial charge on any atom is -0.374 e. The lowest BCUT2D eigenvalue weighted by molar-refractivity contribution is 0.0652. The van der Waals surface area contributed by atoms with Crippen LogP contribution in [0.15, 0.2) is 35.3 Å². The van der Waals surface area contributed by atoms with Crippen molar-refractivity contribution in [1.29, 1.82) is 0 Å². The first-order chi connectivity index (χ1) is 14.2. The summed E-state index contributed by atoms with van der Waals surface area (Å²) in [7, 11) is 2.21. The molecule has 1 heterocycles. The molecule has 6 nitrogen and oxygen atoms in total. The van der Waals surface area contributed by atoms with E-state index in [9.17, 15) is 0 Å². The summed E-state index contributed by atoms with van der Waals surface area (Å²) in [6, 6.07) is 10.4. The second kappa shape index (κ2) is 14.4. The zero-order chi connectivity index (χ0) is 20.7. The van der Waals surface area contributed by atoms with Crippen molar-refractivity contribution in [1.82, 2.24) is 20.4 Å². The van der Waals surface area contributed by atoms with E-state index in [1.165, 1.54) is 51.1 Å². The number of ether oxygens (including phenoxy) is 1. The highest BCUT2D eigenvalue weighted by Gasteiger charge is 2.12. The first kappa shape index (κ1) is 23.6. The van der Waals surface area contributed by atoms with Gasteiger partial charge in [0, 0.05) is 52.4 Å². The lowest BCUT2D eigenvalue weighted by Crippen LogP contribution is -2.44. The normalized spacial score (nSPS) is 17.3. The average molecular weight is 404 g/mol. The number of aliphatic imine (C=N–C) groups is 1. The lowest BCUT2D eigenvalue weighted by Gasteiger charge is -2.32. The molecule has 1 aliphatic heterocycles. The van der Waals surface area contributed by atoms with Crippen LogP contribution in [0.3, 0.4) is 0 Å². The topological polar surface area (TPSA) is 52.1 Å². The third-order valence-corrected chi connectivity index (χ3v) is 5.34. The van der Waals surface area contributed by atoms with Crippen molar-refractivity contribution in [3.63, 3.8) is 0 Å². The molecule has 29 heavy (non-hydrogen) atoms. The number of piperazine rings is 1. The minimum absolute atomic E-state index is 0.131. The molecule has 0 bridgehead atoms. The predicted octanol–water partition coefficient (Wildman–Crippen LogP) is 2.74. The van der Waals surface area contributed by atoms with Crippen LogP contribution in [0.5, 0.6) is 0 Å². The van der Waals surface area contributed by atoms with Crippen LogP contribution < -0.4 is 10.6 Å². The van der Waals surface area contributed by atoms with Crippen LogP contribution in [0.2, 0.25) is 0 Å². The summed E-state index contributed by atoms with van der Waals surface area (Å²) in [5, 5.41) is 6.80. The van der Waals surface area contributed by atoms with Gasteiger partial charge in [0.25, 0.3) is 0 Å². The van der Waals surface area contributed by atoms with Gasteiger partial charge in [-0.05, 0) is 52.3 Å². The highest BCUT2D eigenvalue weighted by Crippen LogP contribution is 2.15. The Kier molecular flexibility index (Phi) is 11.7. The van der Waals surface area contributed by atoms with E-state index < -0.39 is 0 Å². The molecule has 2 N–H and O–H groups in total. The van der Waals surface area contributed by atoms with Crippen molar-refractivity contribution in [2.24, 2.45) is 4.99 Å². The molecule has 0 radical (unpaired) electrons. The van der Waals surface area contributed by atoms with Crippen LogP contribution in [-0.2, 0) is 4.74 Å². The third kappa shape index (κ3) is 10.1. The lowest BCUT2D eigenvalue weighted by atomic mass is 10.1. The summed E-state index contributed by atoms with van der Waals surface area (Å²) in [4.78, 5) is 9.66. The number of unbranched alkanes of at least 4 members (excludes halogenated alkanes) is 1. The van der Waals surface area contributed by atoms with E-state index in [2.05, 4.69) is 70.6 Å². The summed E-state index contributed by atoms with van der Waals surface area (Å²) in [5.74, 6) is 0.920. The Morgan fingerprint density at radius 2 is 1.83 bits per heavy atom. The molecule has 1 aromatic rings. The molecule has 1 fully saturated rings. The van der Waals surface area contributed by atoms with Crippen molar-refractivity contribution in [2.75, 3.05) is 66.0 Å². The molecule has 0 saturated carbocycles. The fourth-order valence-corrected chi connectivity index (χ4v) is 3.42. The Morgan fingerprint density at radius 1 is 1.07 bits per heavy atom. The monoisotopic (exact) mass is 403 g/mol. The van der Waals surface area contributed by atoms with E-state index in [0.717, 1.165) is 38.6 Å². The molecule has 1 unspecified atom stereocenters. The van der Waals surface area contributed by atoms with Gasteiger partial charge in [0.2, 0.25) is 0 Å². The van der Waals surface area contributed by atoms with Gasteiger partial charge >= 0.3 is 0 Å². The van der Waals surface area contributed by atoms with Crippen molar-refractivity contribution in [3.05, 3.63) is 35.9 Å². The van der Waals surface area contributed by atoms with Gasteiger partial charge in [0.05, 0.1) is 6.10 Å². The number of guanidine groups is 1. The molecule has 2 rings (SSSR count). The van der Waals surface area contributed by atoms with E-state index in [0.29, 0.717) is 0 Å². The van der Waals surface area contributed by atoms with Crippen LogP contribution in [0.1, 0.15) is 44.8 Å². The van der Waals surface area contributed by atoms with Crippen molar-refractivity contribution < 1.29 is 4.74 Å². The summed E-state index contributed by atoms with van der Waals surface area (Å²) in [5.41, 5.74) is 1.22. The molecule has 1 aliphatic rings. The van der Waals surface area contributed by atoms with Crippen molar-refractivity contribution >= 4 is 5.96 Å². The number of benzene rings is 1. The molecule has 0 spiro atoms. The van der Waals surface area contributed by atoms with Crippen molar-refractivity contribution in [3.8, 4) is 0 Å². The van der Waals surface area contributed by atoms with Gasteiger partial charge in [-0.25, -0.2) is 0 Å². The van der Waals surface area contributed by atoms with Crippen LogP contribution in [0, 0.1) is 0 Å². The zero-order valence-corrected chi connectivity index (χ0v) is 18.7. The first-order valence-electron chi connectivity index (χ1n) is 11.3. The Balaban J connectivity index is 1.55. The second-order valence-corrected chi connectivity index (χ2v) is 7.82. The molecule has 1 aromatic carbocycles. The van der Waals surface area contributed by atoms with Crippen LogP contribution >= 0.6 is 0 Å². The van der Waals surface area contributed by atoms with E-state index in [4.69, 9.17) is 4.74 Å². The molecule has 1 saturated heterocycles. The summed E-state index contributed by atoms with van der Waals surface area (Å²) in [6.07, 6.45) is 3.47. The summed E-state index contributed by atoms with van der Waals surface area (Å²) < 4.78 is 5.93. The quantitative estimate of drug-likeness (QED) is 0.319. The van der Waals surface area contributed by atoms with Gasteiger partial charge in [0.15, 0.2) is 5.96 Å². The number of hydrogen-bond donors (Lipinski definition) is 2. The van der Waals surface area contributed by atoms with Gasteiger partial charge in [-0.1, -0.05) is 30.3 Å². The molecular weight excluding hydrogens is 362 g/mol. The average Bonchev–Trinajstić information content (AvgIpc) is 2.75. The molecule has 164 valence electrons. The predicted molar refractivity (Wildman–Crippen MR) is 123 cm³/mol. The minimum atomic E-state index is 0.131. The standard InChI is InChI=1S/C23H41N5O/c1-4-24-23(25-13-8-9-15-28-18-16-27(3)17-19-28)26-14-10-20-29-21(2)22-11-6-5-7-12-22/h5-7,11-12,21H,4,8-10,13-20H2,1-3H3,(H2,24,25,26). The molecule has 1 atom stereocenters. The Bertz CT molecular complexity index is 558. The maximum atomic E-state index is 5.93. The number of likely N-dealkylation sites (N-methyl/N-ethyl adjacent to an activating group) is 1. The highest BCUT2D eigenvalue weighted by molar-refractivity contribution is 5.79. The number of nitrogens with zero attached hydrogens (tertiary/aromatic N) is 3. The van der Waals surface area contributed by atoms with Gasteiger partial charge in [-0.3, -0.25) is 4.99 Å². The van der Waals surface area contributed by atoms with E-state index in [-0.39, 0.29) is 6.10 Å². The zero-order valence-electron chi connectivity index (χ0n) is 18.7. The van der Waals surface area contributed by atoms with Crippen LogP contribution in [-0.4, -0.2) is 81.8 Å². The largest absolute Gasteiger partial charge is 0.374 e. The number of rotatable bonds is 12. The maximum Gasteiger partial charge on any atom is 0.191 e. The van der Waals surface area contributed by atoms with Gasteiger partial charge in [0.1, 0.15) is 0 Å². The molecule has 6 heteroatoms. The third-order valence-electron chi connectivity index (χ3n) is 5.34. The molecule has 0 amide bonds. The Hall–Kier alpha value is -1.63. The van der Waals surface area contributed by atoms with E-state index in [1.807, 2.05) is 6.07 Å². The van der Waals surface area contributed by atoms with Crippen LogP contribution in [0.25, 0.3) is 0 Å².